The van der Waals surface area contributed by atoms with Gasteiger partial charge in [-0.3, -0.25) is 4.79 Å². The molecule has 1 aromatic carbocycles. The number of carbonyl (C=O) groups is 1. The highest BCUT2D eigenvalue weighted by Gasteiger charge is 2.32. The molecule has 25 heavy (non-hydrogen) atoms. The van der Waals surface area contributed by atoms with Gasteiger partial charge in [0.25, 0.3) is 5.91 Å². The Hall–Kier alpha value is -1.70. The normalized spacial score (nSPS) is 21.3. The van der Waals surface area contributed by atoms with Crippen LogP contribution in [0.5, 0.6) is 0 Å². The van der Waals surface area contributed by atoms with Crippen LogP contribution in [0.4, 0.5) is 0 Å². The predicted molar refractivity (Wildman–Crippen MR) is 98.5 cm³/mol. The molecule has 5 nitrogen and oxygen atoms in total. The van der Waals surface area contributed by atoms with Crippen LogP contribution in [0, 0.1) is 5.92 Å². The van der Waals surface area contributed by atoms with Crippen molar-refractivity contribution in [2.75, 3.05) is 13.1 Å². The zero-order valence-electron chi connectivity index (χ0n) is 14.1. The average molecular weight is 379 g/mol. The summed E-state index contributed by atoms with van der Waals surface area (Å²) in [6.45, 7) is 3.20. The molecule has 0 saturated carbocycles. The van der Waals surface area contributed by atoms with E-state index in [4.69, 9.17) is 5.73 Å². The highest BCUT2D eigenvalue weighted by molar-refractivity contribution is 7.93. The Labute approximate surface area is 152 Å². The van der Waals surface area contributed by atoms with Crippen molar-refractivity contribution < 1.29 is 13.2 Å². The van der Waals surface area contributed by atoms with Gasteiger partial charge in [-0.15, -0.1) is 11.3 Å². The Balaban J connectivity index is 1.87. The van der Waals surface area contributed by atoms with E-state index in [0.717, 1.165) is 24.2 Å². The molecule has 2 atom stereocenters. The summed E-state index contributed by atoms with van der Waals surface area (Å²) in [7, 11) is -3.59. The van der Waals surface area contributed by atoms with E-state index in [9.17, 15) is 13.2 Å². The molecule has 3 rings (SSSR count). The molecule has 1 aliphatic rings. The molecule has 2 N–H and O–H groups in total. The Kier molecular flexibility index (Phi) is 5.27. The van der Waals surface area contributed by atoms with Crippen LogP contribution in [0.1, 0.15) is 29.4 Å². The fourth-order valence-electron chi connectivity index (χ4n) is 3.30. The summed E-state index contributed by atoms with van der Waals surface area (Å²) in [5.41, 5.74) is 5.86. The minimum atomic E-state index is -3.59. The number of likely N-dealkylation sites (tertiary alicyclic amines) is 1. The van der Waals surface area contributed by atoms with E-state index in [1.54, 1.807) is 41.3 Å². The summed E-state index contributed by atoms with van der Waals surface area (Å²) >= 11 is 1.03. The number of hydrogen-bond acceptors (Lipinski definition) is 5. The average Bonchev–Trinajstić information content (AvgIpc) is 3.12. The second-order valence-corrected chi connectivity index (χ2v) is 9.62. The first-order valence-electron chi connectivity index (χ1n) is 8.36. The van der Waals surface area contributed by atoms with Crippen molar-refractivity contribution in [1.29, 1.82) is 0 Å². The molecule has 1 saturated heterocycles. The number of amides is 1. The number of nitrogens with two attached hydrogens (primary N) is 1. The highest BCUT2D eigenvalue weighted by atomic mass is 32.2. The standard InChI is InChI=1S/C18H22N2O3S2/c1-13-6-5-11-20(15(13)12-19)18(21)16-9-10-17(24-16)25(22,23)14-7-3-2-4-8-14/h2-4,7-10,13,15H,5-6,11-12,19H2,1H3/t13-,15-/m1/s1. The summed E-state index contributed by atoms with van der Waals surface area (Å²) < 4.78 is 25.6. The summed E-state index contributed by atoms with van der Waals surface area (Å²) in [6.07, 6.45) is 2.01. The molecule has 1 amide bonds. The van der Waals surface area contributed by atoms with Crippen molar-refractivity contribution in [3.8, 4) is 0 Å². The first kappa shape index (κ1) is 18.1. The van der Waals surface area contributed by atoms with Gasteiger partial charge >= 0.3 is 0 Å². The summed E-state index contributed by atoms with van der Waals surface area (Å²) in [5.74, 6) is 0.233. The van der Waals surface area contributed by atoms with E-state index in [-0.39, 0.29) is 21.1 Å². The predicted octanol–water partition coefficient (Wildman–Crippen LogP) is 2.78. The van der Waals surface area contributed by atoms with Gasteiger partial charge in [-0.25, -0.2) is 8.42 Å². The van der Waals surface area contributed by atoms with Crippen LogP contribution in [0.3, 0.4) is 0 Å². The number of thiophene rings is 1. The van der Waals surface area contributed by atoms with Crippen molar-refractivity contribution in [1.82, 2.24) is 4.90 Å². The fraction of sp³-hybridized carbons (Fsp3) is 0.389. The number of carbonyl (C=O) groups excluding carboxylic acids is 1. The summed E-state index contributed by atoms with van der Waals surface area (Å²) in [6, 6.07) is 11.4. The third kappa shape index (κ3) is 3.49. The van der Waals surface area contributed by atoms with Gasteiger partial charge in [0.05, 0.1) is 9.77 Å². The smallest absolute Gasteiger partial charge is 0.264 e. The minimum absolute atomic E-state index is 0.0116. The number of rotatable bonds is 4. The van der Waals surface area contributed by atoms with Crippen LogP contribution < -0.4 is 5.73 Å². The van der Waals surface area contributed by atoms with Crippen molar-refractivity contribution in [2.24, 2.45) is 11.7 Å². The van der Waals surface area contributed by atoms with E-state index in [2.05, 4.69) is 6.92 Å². The first-order chi connectivity index (χ1) is 11.9. The second kappa shape index (κ2) is 7.27. The summed E-state index contributed by atoms with van der Waals surface area (Å²) in [5, 5.41) is 0. The van der Waals surface area contributed by atoms with E-state index >= 15 is 0 Å². The molecule has 1 aromatic heterocycles. The van der Waals surface area contributed by atoms with Gasteiger partial charge in [0, 0.05) is 19.1 Å². The van der Waals surface area contributed by atoms with Gasteiger partial charge in [0.15, 0.2) is 0 Å². The molecule has 1 fully saturated rings. The quantitative estimate of drug-likeness (QED) is 0.887. The van der Waals surface area contributed by atoms with Crippen LogP contribution in [0.2, 0.25) is 0 Å². The van der Waals surface area contributed by atoms with Gasteiger partial charge in [-0.05, 0) is 43.0 Å². The third-order valence-electron chi connectivity index (χ3n) is 4.73. The van der Waals surface area contributed by atoms with E-state index in [1.807, 2.05) is 0 Å². The molecule has 0 unspecified atom stereocenters. The molecule has 0 radical (unpaired) electrons. The molecule has 7 heteroatoms. The summed E-state index contributed by atoms with van der Waals surface area (Å²) in [4.78, 5) is 15.4. The zero-order chi connectivity index (χ0) is 18.0. The van der Waals surface area contributed by atoms with Gasteiger partial charge in [-0.1, -0.05) is 25.1 Å². The Morgan fingerprint density at radius 1 is 1.24 bits per heavy atom. The lowest BCUT2D eigenvalue weighted by molar-refractivity contribution is 0.0537. The molecule has 1 aliphatic heterocycles. The van der Waals surface area contributed by atoms with Crippen LogP contribution in [0.15, 0.2) is 51.6 Å². The number of hydrogen-bond donors (Lipinski definition) is 1. The van der Waals surface area contributed by atoms with Crippen LogP contribution >= 0.6 is 11.3 Å². The lowest BCUT2D eigenvalue weighted by Gasteiger charge is -2.39. The second-order valence-electron chi connectivity index (χ2n) is 6.36. The van der Waals surface area contributed by atoms with Gasteiger partial charge in [-0.2, -0.15) is 0 Å². The maximum atomic E-state index is 12.9. The van der Waals surface area contributed by atoms with Gasteiger partial charge in [0.2, 0.25) is 9.84 Å². The lowest BCUT2D eigenvalue weighted by Crippen LogP contribution is -2.51. The SMILES string of the molecule is C[C@@H]1CCCN(C(=O)c2ccc(S(=O)(=O)c3ccccc3)s2)[C@@H]1CN. The number of sulfone groups is 1. The molecule has 0 spiro atoms. The van der Waals surface area contributed by atoms with Crippen LogP contribution in [-0.2, 0) is 9.84 Å². The van der Waals surface area contributed by atoms with E-state index in [0.29, 0.717) is 23.9 Å². The molecule has 2 aromatic rings. The maximum absolute atomic E-state index is 12.9. The first-order valence-corrected chi connectivity index (χ1v) is 10.7. The third-order valence-corrected chi connectivity index (χ3v) is 8.06. The fourth-order valence-corrected chi connectivity index (χ4v) is 5.98. The molecule has 0 aliphatic carbocycles. The Morgan fingerprint density at radius 2 is 1.96 bits per heavy atom. The molecule has 0 bridgehead atoms. The topological polar surface area (TPSA) is 80.5 Å². The molecular formula is C18H22N2O3S2. The van der Waals surface area contributed by atoms with Crippen molar-refractivity contribution in [3.05, 3.63) is 47.3 Å². The van der Waals surface area contributed by atoms with E-state index in [1.165, 1.54) is 6.07 Å². The maximum Gasteiger partial charge on any atom is 0.264 e. The van der Waals surface area contributed by atoms with Crippen LogP contribution in [-0.4, -0.2) is 38.4 Å². The van der Waals surface area contributed by atoms with Crippen LogP contribution in [0.25, 0.3) is 0 Å². The van der Waals surface area contributed by atoms with Crippen molar-refractivity contribution in [2.45, 2.75) is 34.9 Å². The Morgan fingerprint density at radius 3 is 2.64 bits per heavy atom. The number of benzene rings is 1. The van der Waals surface area contributed by atoms with E-state index < -0.39 is 9.84 Å². The van der Waals surface area contributed by atoms with Gasteiger partial charge < -0.3 is 10.6 Å². The molecule has 134 valence electrons. The van der Waals surface area contributed by atoms with Crippen molar-refractivity contribution >= 4 is 27.1 Å². The molecular weight excluding hydrogens is 356 g/mol. The monoisotopic (exact) mass is 378 g/mol. The molecule has 2 heterocycles. The minimum Gasteiger partial charge on any atom is -0.333 e. The largest absolute Gasteiger partial charge is 0.333 e. The zero-order valence-corrected chi connectivity index (χ0v) is 15.7. The Bertz CT molecular complexity index is 846. The highest BCUT2D eigenvalue weighted by Crippen LogP contribution is 2.30. The van der Waals surface area contributed by atoms with Gasteiger partial charge in [0.1, 0.15) is 4.21 Å². The number of piperidine rings is 1. The lowest BCUT2D eigenvalue weighted by atomic mass is 9.90. The van der Waals surface area contributed by atoms with Crippen molar-refractivity contribution in [3.63, 3.8) is 0 Å². The number of nitrogens with zero attached hydrogens (tertiary/aromatic N) is 1.